The molecular formula is C14H14S. The highest BCUT2D eigenvalue weighted by Gasteiger charge is 2.03. The second kappa shape index (κ2) is 4.94. The van der Waals surface area contributed by atoms with Gasteiger partial charge in [-0.3, -0.25) is 0 Å². The van der Waals surface area contributed by atoms with Crippen LogP contribution in [0.2, 0.25) is 0 Å². The second-order valence-electron chi connectivity index (χ2n) is 3.37. The quantitative estimate of drug-likeness (QED) is 0.701. The molecule has 0 aliphatic rings. The van der Waals surface area contributed by atoms with E-state index in [1.807, 2.05) is 0 Å². The van der Waals surface area contributed by atoms with Crippen molar-refractivity contribution in [2.45, 2.75) is 13.3 Å². The van der Waals surface area contributed by atoms with E-state index in [9.17, 15) is 0 Å². The molecule has 0 saturated heterocycles. The first-order valence-corrected chi connectivity index (χ1v) is 6.09. The molecule has 1 aromatic carbocycles. The van der Waals surface area contributed by atoms with E-state index in [2.05, 4.69) is 60.8 Å². The zero-order valence-corrected chi connectivity index (χ0v) is 9.63. The van der Waals surface area contributed by atoms with Crippen molar-refractivity contribution in [2.24, 2.45) is 0 Å². The van der Waals surface area contributed by atoms with Gasteiger partial charge in [-0.15, -0.1) is 11.3 Å². The van der Waals surface area contributed by atoms with Crippen LogP contribution in [0.4, 0.5) is 0 Å². The van der Waals surface area contributed by atoms with Crippen LogP contribution < -0.4 is 0 Å². The Bertz CT molecular complexity index is 424. The molecular weight excluding hydrogens is 200 g/mol. The molecule has 0 aliphatic heterocycles. The maximum absolute atomic E-state index is 2.29. The minimum atomic E-state index is 1.07. The van der Waals surface area contributed by atoms with Crippen molar-refractivity contribution in [1.82, 2.24) is 0 Å². The van der Waals surface area contributed by atoms with Gasteiger partial charge in [0.25, 0.3) is 0 Å². The van der Waals surface area contributed by atoms with Gasteiger partial charge in [0.15, 0.2) is 0 Å². The van der Waals surface area contributed by atoms with Crippen LogP contribution in [0, 0.1) is 0 Å². The van der Waals surface area contributed by atoms with Crippen LogP contribution in [-0.4, -0.2) is 0 Å². The molecule has 0 amide bonds. The Kier molecular flexibility index (Phi) is 3.36. The predicted molar refractivity (Wildman–Crippen MR) is 68.1 cm³/mol. The van der Waals surface area contributed by atoms with Gasteiger partial charge in [0.1, 0.15) is 0 Å². The summed E-state index contributed by atoms with van der Waals surface area (Å²) in [7, 11) is 0. The molecule has 2 aromatic rings. The zero-order valence-electron chi connectivity index (χ0n) is 8.81. The monoisotopic (exact) mass is 214 g/mol. The summed E-state index contributed by atoms with van der Waals surface area (Å²) in [6, 6.07) is 14.9. The number of thiophene rings is 1. The molecule has 2 rings (SSSR count). The number of hydrogen-bond acceptors (Lipinski definition) is 1. The van der Waals surface area contributed by atoms with E-state index in [1.54, 1.807) is 11.3 Å². The second-order valence-corrected chi connectivity index (χ2v) is 4.32. The van der Waals surface area contributed by atoms with Crippen LogP contribution in [0.15, 0.2) is 53.9 Å². The predicted octanol–water partition coefficient (Wildman–Crippen LogP) is 4.59. The zero-order chi connectivity index (χ0) is 10.5. The molecule has 0 N–H and O–H groups in total. The lowest BCUT2D eigenvalue weighted by molar-refractivity contribution is 1.23. The Labute approximate surface area is 94.9 Å². The Hall–Kier alpha value is -1.34. The van der Waals surface area contributed by atoms with Gasteiger partial charge < -0.3 is 0 Å². The van der Waals surface area contributed by atoms with Gasteiger partial charge in [-0.2, -0.15) is 0 Å². The molecule has 0 nitrogen and oxygen atoms in total. The third-order valence-electron chi connectivity index (χ3n) is 2.28. The molecule has 15 heavy (non-hydrogen) atoms. The van der Waals surface area contributed by atoms with Crippen molar-refractivity contribution >= 4 is 16.9 Å². The smallest absolute Gasteiger partial charge is 0.0345 e. The first-order valence-electron chi connectivity index (χ1n) is 5.21. The van der Waals surface area contributed by atoms with Crippen LogP contribution in [-0.2, 0) is 0 Å². The fraction of sp³-hybridized carbons (Fsp3) is 0.143. The van der Waals surface area contributed by atoms with Crippen molar-refractivity contribution in [3.05, 3.63) is 64.4 Å². The number of allylic oxidation sites excluding steroid dienone is 1. The summed E-state index contributed by atoms with van der Waals surface area (Å²) in [5.74, 6) is 0. The van der Waals surface area contributed by atoms with Gasteiger partial charge in [-0.25, -0.2) is 0 Å². The molecule has 0 bridgehead atoms. The molecule has 1 aromatic heterocycles. The van der Waals surface area contributed by atoms with Crippen LogP contribution in [0.3, 0.4) is 0 Å². The van der Waals surface area contributed by atoms with Crippen molar-refractivity contribution in [1.29, 1.82) is 0 Å². The minimum absolute atomic E-state index is 1.07. The van der Waals surface area contributed by atoms with E-state index in [0.717, 1.165) is 6.42 Å². The molecule has 0 unspecified atom stereocenters. The van der Waals surface area contributed by atoms with Gasteiger partial charge in [-0.05, 0) is 29.0 Å². The van der Waals surface area contributed by atoms with E-state index in [1.165, 1.54) is 16.0 Å². The highest BCUT2D eigenvalue weighted by molar-refractivity contribution is 7.11. The number of hydrogen-bond donors (Lipinski definition) is 0. The third kappa shape index (κ3) is 2.37. The van der Waals surface area contributed by atoms with Crippen LogP contribution in [0.25, 0.3) is 5.57 Å². The summed E-state index contributed by atoms with van der Waals surface area (Å²) in [6.45, 7) is 2.18. The highest BCUT2D eigenvalue weighted by atomic mass is 32.1. The molecule has 0 saturated carbocycles. The largest absolute Gasteiger partial charge is 0.144 e. The van der Waals surface area contributed by atoms with E-state index in [4.69, 9.17) is 0 Å². The van der Waals surface area contributed by atoms with Crippen LogP contribution in [0.5, 0.6) is 0 Å². The maximum atomic E-state index is 2.29. The SMILES string of the molecule is CC/C=C(/c1ccccc1)c1cccs1. The molecule has 0 aliphatic carbocycles. The van der Waals surface area contributed by atoms with Crippen molar-refractivity contribution in [3.8, 4) is 0 Å². The topological polar surface area (TPSA) is 0 Å². The standard InChI is InChI=1S/C14H14S/c1-2-7-13(14-10-6-11-15-14)12-8-4-3-5-9-12/h3-11H,2H2,1H3/b13-7-. The first kappa shape index (κ1) is 10.2. The Morgan fingerprint density at radius 3 is 2.53 bits per heavy atom. The summed E-state index contributed by atoms with van der Waals surface area (Å²) in [5, 5.41) is 2.13. The van der Waals surface area contributed by atoms with Crippen molar-refractivity contribution in [3.63, 3.8) is 0 Å². The van der Waals surface area contributed by atoms with E-state index in [-0.39, 0.29) is 0 Å². The summed E-state index contributed by atoms with van der Waals surface area (Å²) in [4.78, 5) is 1.35. The van der Waals surface area contributed by atoms with Crippen LogP contribution in [0.1, 0.15) is 23.8 Å². The number of rotatable bonds is 3. The molecule has 76 valence electrons. The number of benzene rings is 1. The van der Waals surface area contributed by atoms with Gasteiger partial charge in [0.05, 0.1) is 0 Å². The summed E-state index contributed by atoms with van der Waals surface area (Å²) >= 11 is 1.80. The fourth-order valence-electron chi connectivity index (χ4n) is 1.61. The normalized spacial score (nSPS) is 11.7. The minimum Gasteiger partial charge on any atom is -0.144 e. The lowest BCUT2D eigenvalue weighted by Crippen LogP contribution is -1.83. The summed E-state index contributed by atoms with van der Waals surface area (Å²) < 4.78 is 0. The van der Waals surface area contributed by atoms with Gasteiger partial charge >= 0.3 is 0 Å². The van der Waals surface area contributed by atoms with Gasteiger partial charge in [0.2, 0.25) is 0 Å². The van der Waals surface area contributed by atoms with Crippen molar-refractivity contribution in [2.75, 3.05) is 0 Å². The fourth-order valence-corrected chi connectivity index (χ4v) is 2.40. The first-order chi connectivity index (χ1) is 7.42. The Morgan fingerprint density at radius 2 is 1.93 bits per heavy atom. The molecule has 1 heteroatoms. The molecule has 0 spiro atoms. The third-order valence-corrected chi connectivity index (χ3v) is 3.18. The average molecular weight is 214 g/mol. The summed E-state index contributed by atoms with van der Waals surface area (Å²) in [5.41, 5.74) is 2.66. The maximum Gasteiger partial charge on any atom is 0.0345 e. The summed E-state index contributed by atoms with van der Waals surface area (Å²) in [6.07, 6.45) is 3.36. The van der Waals surface area contributed by atoms with E-state index >= 15 is 0 Å². The van der Waals surface area contributed by atoms with Crippen LogP contribution >= 0.6 is 11.3 Å². The molecule has 0 radical (unpaired) electrons. The highest BCUT2D eigenvalue weighted by Crippen LogP contribution is 2.27. The van der Waals surface area contributed by atoms with Crippen molar-refractivity contribution < 1.29 is 0 Å². The Balaban J connectivity index is 2.42. The lowest BCUT2D eigenvalue weighted by Gasteiger charge is -2.04. The van der Waals surface area contributed by atoms with E-state index in [0.29, 0.717) is 0 Å². The Morgan fingerprint density at radius 1 is 1.13 bits per heavy atom. The average Bonchev–Trinajstić information content (AvgIpc) is 2.80. The molecule has 0 atom stereocenters. The van der Waals surface area contributed by atoms with Gasteiger partial charge in [-0.1, -0.05) is 49.4 Å². The molecule has 0 fully saturated rings. The van der Waals surface area contributed by atoms with E-state index < -0.39 is 0 Å². The van der Waals surface area contributed by atoms with Gasteiger partial charge in [0, 0.05) is 4.88 Å². The molecule has 1 heterocycles. The lowest BCUT2D eigenvalue weighted by atomic mass is 10.0.